The zero-order valence-corrected chi connectivity index (χ0v) is 65.5. The van der Waals surface area contributed by atoms with Crippen LogP contribution in [0.15, 0.2) is 0 Å². The summed E-state index contributed by atoms with van der Waals surface area (Å²) in [6, 6.07) is 0. The minimum atomic E-state index is -4.96. The highest BCUT2D eigenvalue weighted by molar-refractivity contribution is 7.47. The average Bonchev–Trinajstić information content (AvgIpc) is 1.98. The number of carbonyl (C=O) groups excluding carboxylic acids is 4. The Bertz CT molecular complexity index is 1910. The van der Waals surface area contributed by atoms with E-state index in [9.17, 15) is 43.2 Å². The molecule has 0 aliphatic carbocycles. The van der Waals surface area contributed by atoms with Gasteiger partial charge in [-0.15, -0.1) is 0 Å². The van der Waals surface area contributed by atoms with Gasteiger partial charge in [-0.3, -0.25) is 37.3 Å². The van der Waals surface area contributed by atoms with E-state index in [2.05, 4.69) is 55.4 Å². The average molecular weight is 1420 g/mol. The van der Waals surface area contributed by atoms with Crippen LogP contribution in [0.3, 0.4) is 0 Å². The van der Waals surface area contributed by atoms with Crippen LogP contribution in [0.25, 0.3) is 0 Å². The largest absolute Gasteiger partial charge is 0.472 e. The van der Waals surface area contributed by atoms with Crippen molar-refractivity contribution in [2.75, 3.05) is 39.6 Å². The first-order valence-corrected chi connectivity index (χ1v) is 43.3. The van der Waals surface area contributed by atoms with E-state index in [1.807, 2.05) is 0 Å². The molecule has 0 aromatic heterocycles. The van der Waals surface area contributed by atoms with E-state index in [0.717, 1.165) is 120 Å². The maximum absolute atomic E-state index is 13.1. The number of aliphatic hydroxyl groups is 1. The number of carbonyl (C=O) groups is 4. The molecule has 0 spiro atoms. The lowest BCUT2D eigenvalue weighted by atomic mass is 9.99. The Morgan fingerprint density at radius 3 is 0.732 bits per heavy atom. The van der Waals surface area contributed by atoms with E-state index in [0.29, 0.717) is 25.7 Å². The van der Waals surface area contributed by atoms with Crippen molar-refractivity contribution in [3.05, 3.63) is 0 Å². The van der Waals surface area contributed by atoms with Crippen molar-refractivity contribution in [1.82, 2.24) is 0 Å². The third-order valence-electron chi connectivity index (χ3n) is 18.8. The summed E-state index contributed by atoms with van der Waals surface area (Å²) in [5, 5.41) is 10.6. The molecule has 97 heavy (non-hydrogen) atoms. The van der Waals surface area contributed by atoms with Crippen molar-refractivity contribution in [2.24, 2.45) is 23.7 Å². The van der Waals surface area contributed by atoms with Gasteiger partial charge < -0.3 is 33.8 Å². The lowest BCUT2D eigenvalue weighted by Crippen LogP contribution is -2.30. The third kappa shape index (κ3) is 69.5. The van der Waals surface area contributed by atoms with Crippen LogP contribution in [-0.4, -0.2) is 96.7 Å². The molecular weight excluding hydrogens is 1270 g/mol. The van der Waals surface area contributed by atoms with Gasteiger partial charge in [0, 0.05) is 25.7 Å². The van der Waals surface area contributed by atoms with Crippen LogP contribution < -0.4 is 0 Å². The number of unbranched alkanes of at least 4 members (excludes halogenated alkanes) is 39. The van der Waals surface area contributed by atoms with Gasteiger partial charge in [0.15, 0.2) is 12.2 Å². The quantitative estimate of drug-likeness (QED) is 0.0222. The lowest BCUT2D eigenvalue weighted by molar-refractivity contribution is -0.161. The topological polar surface area (TPSA) is 237 Å². The summed E-state index contributed by atoms with van der Waals surface area (Å²) < 4.78 is 68.6. The van der Waals surface area contributed by atoms with Crippen LogP contribution in [0.4, 0.5) is 0 Å². The molecule has 3 N–H and O–H groups in total. The van der Waals surface area contributed by atoms with Gasteiger partial charge in [0.2, 0.25) is 0 Å². The summed E-state index contributed by atoms with van der Waals surface area (Å²) in [5.41, 5.74) is 0. The number of aliphatic hydroxyl groups excluding tert-OH is 1. The van der Waals surface area contributed by atoms with Gasteiger partial charge in [0.1, 0.15) is 19.3 Å². The molecule has 0 rings (SSSR count). The van der Waals surface area contributed by atoms with Crippen molar-refractivity contribution in [1.29, 1.82) is 0 Å². The van der Waals surface area contributed by atoms with Crippen LogP contribution in [0.5, 0.6) is 0 Å². The molecule has 0 aliphatic rings. The van der Waals surface area contributed by atoms with E-state index in [1.165, 1.54) is 193 Å². The van der Waals surface area contributed by atoms with Gasteiger partial charge in [0.25, 0.3) is 0 Å². The zero-order chi connectivity index (χ0) is 71.7. The Balaban J connectivity index is 5.22. The molecule has 0 saturated carbocycles. The number of esters is 4. The number of ether oxygens (including phenoxy) is 4. The monoisotopic (exact) mass is 1420 g/mol. The van der Waals surface area contributed by atoms with E-state index in [-0.39, 0.29) is 25.7 Å². The molecule has 0 aliphatic heterocycles. The van der Waals surface area contributed by atoms with E-state index in [4.69, 9.17) is 37.0 Å². The fourth-order valence-corrected chi connectivity index (χ4v) is 13.4. The highest BCUT2D eigenvalue weighted by Crippen LogP contribution is 2.45. The number of phosphoric ester groups is 2. The Morgan fingerprint density at radius 2 is 0.495 bits per heavy atom. The molecule has 0 aromatic rings. The van der Waals surface area contributed by atoms with Gasteiger partial charge in [-0.2, -0.15) is 0 Å². The summed E-state index contributed by atoms with van der Waals surface area (Å²) in [5.74, 6) is 0.982. The maximum atomic E-state index is 13.1. The Morgan fingerprint density at radius 1 is 0.289 bits per heavy atom. The second-order valence-electron chi connectivity index (χ2n) is 29.5. The minimum Gasteiger partial charge on any atom is -0.462 e. The van der Waals surface area contributed by atoms with Crippen molar-refractivity contribution >= 4 is 39.5 Å². The number of hydrogen-bond donors (Lipinski definition) is 3. The van der Waals surface area contributed by atoms with Gasteiger partial charge in [-0.25, -0.2) is 9.13 Å². The molecule has 0 bridgehead atoms. The van der Waals surface area contributed by atoms with Gasteiger partial charge in [-0.1, -0.05) is 344 Å². The normalized spacial score (nSPS) is 14.6. The molecule has 0 saturated heterocycles. The predicted octanol–water partition coefficient (Wildman–Crippen LogP) is 22.8. The first kappa shape index (κ1) is 95.1. The molecule has 0 aromatic carbocycles. The summed E-state index contributed by atoms with van der Waals surface area (Å²) in [7, 11) is -9.92. The SMILES string of the molecule is CCC(C)CCCCCCCCCCC(=O)O[C@H](COC(=O)CCCCCCCCCCCCCCCCC(C)C)COP(=O)(O)OC[C@@H](O)COP(=O)(O)OC[C@@H](COC(=O)CCCCCCCCC(C)CC)OC(=O)CCCCCCCCCCCCCCCCCC(C)C. The Labute approximate surface area is 594 Å². The maximum Gasteiger partial charge on any atom is 0.472 e. The van der Waals surface area contributed by atoms with E-state index < -0.39 is 97.5 Å². The molecule has 0 fully saturated rings. The van der Waals surface area contributed by atoms with Gasteiger partial charge >= 0.3 is 39.5 Å². The fraction of sp³-hybridized carbons (Fsp3) is 0.949. The summed E-state index contributed by atoms with van der Waals surface area (Å²) in [6.07, 6.45) is 52.7. The highest BCUT2D eigenvalue weighted by atomic mass is 31.2. The zero-order valence-electron chi connectivity index (χ0n) is 63.7. The molecule has 7 atom stereocenters. The minimum absolute atomic E-state index is 0.105. The Hall–Kier alpha value is -1.94. The van der Waals surface area contributed by atoms with Gasteiger partial charge in [-0.05, 0) is 49.4 Å². The number of hydrogen-bond acceptors (Lipinski definition) is 15. The molecule has 17 nitrogen and oxygen atoms in total. The second kappa shape index (κ2) is 67.2. The van der Waals surface area contributed by atoms with Crippen LogP contribution >= 0.6 is 15.6 Å². The molecule has 0 amide bonds. The summed E-state index contributed by atoms with van der Waals surface area (Å²) in [4.78, 5) is 72.9. The summed E-state index contributed by atoms with van der Waals surface area (Å²) in [6.45, 7) is 14.2. The fourth-order valence-electron chi connectivity index (χ4n) is 11.8. The molecule has 0 heterocycles. The number of rotatable bonds is 75. The summed E-state index contributed by atoms with van der Waals surface area (Å²) >= 11 is 0. The van der Waals surface area contributed by atoms with E-state index in [1.54, 1.807) is 0 Å². The molecule has 4 unspecified atom stereocenters. The first-order valence-electron chi connectivity index (χ1n) is 40.3. The van der Waals surface area contributed by atoms with E-state index >= 15 is 0 Å². The smallest absolute Gasteiger partial charge is 0.462 e. The van der Waals surface area contributed by atoms with Crippen LogP contribution in [0.1, 0.15) is 396 Å². The van der Waals surface area contributed by atoms with Gasteiger partial charge in [0.05, 0.1) is 26.4 Å². The van der Waals surface area contributed by atoms with Crippen LogP contribution in [-0.2, 0) is 65.4 Å². The molecule has 19 heteroatoms. The molecule has 0 radical (unpaired) electrons. The van der Waals surface area contributed by atoms with Crippen LogP contribution in [0.2, 0.25) is 0 Å². The van der Waals surface area contributed by atoms with Crippen LogP contribution in [0, 0.1) is 23.7 Å². The standard InChI is InChI=1S/C78H152O17P2/c1-9-70(7)56-48-40-32-28-29-35-45-53-61-78(83)95-73(64-88-75(80)58-50-42-33-26-22-18-15-14-17-21-25-31-39-47-55-69(5)6)66-92-96(84,85)90-62-72(79)63-91-97(86,87)93-67-74(65-89-76(81)59-51-43-37-36-41-49-57-71(8)10-2)94-77(82)60-52-44-34-27-23-19-13-11-12-16-20-24-30-38-46-54-68(3)4/h68-74,79H,9-67H2,1-8H3,(H,84,85)(H,86,87)/t70?,71?,72-,73-,74-/m1/s1. The molecular formula is C78H152O17P2. The predicted molar refractivity (Wildman–Crippen MR) is 395 cm³/mol. The van der Waals surface area contributed by atoms with Crippen molar-refractivity contribution in [3.8, 4) is 0 Å². The highest BCUT2D eigenvalue weighted by Gasteiger charge is 2.30. The Kier molecular flexibility index (Phi) is 65.9. The second-order valence-corrected chi connectivity index (χ2v) is 32.4. The molecule has 576 valence electrons. The van der Waals surface area contributed by atoms with Crippen molar-refractivity contribution in [3.63, 3.8) is 0 Å². The number of phosphoric acid groups is 2. The van der Waals surface area contributed by atoms with Crippen molar-refractivity contribution in [2.45, 2.75) is 414 Å². The first-order chi connectivity index (χ1) is 46.7. The third-order valence-corrected chi connectivity index (χ3v) is 20.7. The lowest BCUT2D eigenvalue weighted by Gasteiger charge is -2.21. The van der Waals surface area contributed by atoms with Crippen molar-refractivity contribution < 1.29 is 80.2 Å².